The summed E-state index contributed by atoms with van der Waals surface area (Å²) in [6.45, 7) is 4.23. The van der Waals surface area contributed by atoms with Crippen LogP contribution < -0.4 is 26.6 Å². The number of rotatable bonds is 6. The minimum atomic E-state index is -1.39. The molecule has 0 saturated carbocycles. The van der Waals surface area contributed by atoms with E-state index in [0.717, 1.165) is 0 Å². The number of aliphatic carboxylic acids is 1. The van der Waals surface area contributed by atoms with Crippen molar-refractivity contribution in [1.29, 1.82) is 0 Å². The van der Waals surface area contributed by atoms with Gasteiger partial charge in [0.25, 0.3) is 0 Å². The van der Waals surface area contributed by atoms with Crippen LogP contribution in [-0.2, 0) is 33.6 Å². The standard InChI is InChI=1S/C25H40N6O9/c1-4-13(2)20-24(39)29-16(12-32)25(40)31-11-5-6-17(31)23(38)26-10-9-18(33)27-14(3)21(36)28-15(22(37)30-20)7-8-19(34)35/h13-17,20,32H,4-12H2,1-3H3,(H,26,38)(H,27,33)(H,28,36)(H,29,39)(H,30,37)(H,34,35)/t13-,14-,15-,16-,17-,20-/m0/s1. The molecule has 2 aliphatic rings. The van der Waals surface area contributed by atoms with E-state index in [9.17, 15) is 38.7 Å². The Morgan fingerprint density at radius 1 is 0.975 bits per heavy atom. The van der Waals surface area contributed by atoms with Crippen molar-refractivity contribution in [3.63, 3.8) is 0 Å². The van der Waals surface area contributed by atoms with Crippen LogP contribution in [-0.4, -0.2) is 106 Å². The maximum atomic E-state index is 13.3. The Hall–Kier alpha value is -3.75. The second-order valence-corrected chi connectivity index (χ2v) is 10.1. The van der Waals surface area contributed by atoms with Crippen LogP contribution in [0, 0.1) is 5.92 Å². The van der Waals surface area contributed by atoms with Crippen molar-refractivity contribution in [1.82, 2.24) is 31.5 Å². The molecule has 0 spiro atoms. The summed E-state index contributed by atoms with van der Waals surface area (Å²) in [5, 5.41) is 31.6. The molecule has 0 aromatic heterocycles. The van der Waals surface area contributed by atoms with Gasteiger partial charge in [0.05, 0.1) is 6.61 Å². The maximum Gasteiger partial charge on any atom is 0.303 e. The monoisotopic (exact) mass is 568 g/mol. The van der Waals surface area contributed by atoms with Gasteiger partial charge in [-0.25, -0.2) is 0 Å². The molecule has 0 aromatic carbocycles. The zero-order chi connectivity index (χ0) is 30.0. The molecule has 7 N–H and O–H groups in total. The lowest BCUT2D eigenvalue weighted by atomic mass is 9.97. The van der Waals surface area contributed by atoms with Gasteiger partial charge in [0, 0.05) is 25.9 Å². The highest BCUT2D eigenvalue weighted by Crippen LogP contribution is 2.19. The van der Waals surface area contributed by atoms with Crippen molar-refractivity contribution in [2.24, 2.45) is 5.92 Å². The fourth-order valence-corrected chi connectivity index (χ4v) is 4.54. The summed E-state index contributed by atoms with van der Waals surface area (Å²) in [4.78, 5) is 90.1. The van der Waals surface area contributed by atoms with Crippen LogP contribution in [0.1, 0.15) is 59.3 Å². The third-order valence-electron chi connectivity index (χ3n) is 7.13. The third-order valence-corrected chi connectivity index (χ3v) is 7.13. The molecule has 0 aliphatic carbocycles. The van der Waals surface area contributed by atoms with Crippen molar-refractivity contribution >= 4 is 41.4 Å². The number of carboxylic acids is 1. The molecule has 0 aromatic rings. The fraction of sp³-hybridized carbons (Fsp3) is 0.720. The normalized spacial score (nSPS) is 28.5. The van der Waals surface area contributed by atoms with E-state index < -0.39 is 90.6 Å². The smallest absolute Gasteiger partial charge is 0.303 e. The molecule has 6 atom stereocenters. The molecule has 2 heterocycles. The lowest BCUT2D eigenvalue weighted by Crippen LogP contribution is -2.60. The minimum Gasteiger partial charge on any atom is -0.481 e. The van der Waals surface area contributed by atoms with Gasteiger partial charge in [-0.1, -0.05) is 20.3 Å². The number of carbonyl (C=O) groups is 7. The van der Waals surface area contributed by atoms with Gasteiger partial charge >= 0.3 is 5.97 Å². The summed E-state index contributed by atoms with van der Waals surface area (Å²) in [6, 6.07) is -5.87. The molecule has 40 heavy (non-hydrogen) atoms. The summed E-state index contributed by atoms with van der Waals surface area (Å²) >= 11 is 0. The number of fused-ring (bicyclic) bond motifs is 1. The van der Waals surface area contributed by atoms with E-state index in [0.29, 0.717) is 19.3 Å². The number of aliphatic hydroxyl groups excluding tert-OH is 1. The van der Waals surface area contributed by atoms with E-state index in [1.165, 1.54) is 11.8 Å². The highest BCUT2D eigenvalue weighted by molar-refractivity contribution is 5.97. The molecule has 0 radical (unpaired) electrons. The van der Waals surface area contributed by atoms with Crippen molar-refractivity contribution in [2.45, 2.75) is 89.5 Å². The van der Waals surface area contributed by atoms with Gasteiger partial charge in [0.2, 0.25) is 35.4 Å². The average molecular weight is 569 g/mol. The Bertz CT molecular complexity index is 990. The second-order valence-electron chi connectivity index (χ2n) is 10.1. The molecule has 2 fully saturated rings. The molecular formula is C25H40N6O9. The Labute approximate surface area is 232 Å². The highest BCUT2D eigenvalue weighted by atomic mass is 16.4. The van der Waals surface area contributed by atoms with Crippen LogP contribution in [0.25, 0.3) is 0 Å². The van der Waals surface area contributed by atoms with E-state index in [2.05, 4.69) is 26.6 Å². The molecule has 15 heteroatoms. The largest absolute Gasteiger partial charge is 0.481 e. The maximum absolute atomic E-state index is 13.3. The first-order chi connectivity index (χ1) is 18.9. The number of aliphatic hydroxyl groups is 1. The van der Waals surface area contributed by atoms with E-state index in [1.54, 1.807) is 13.8 Å². The molecule has 15 nitrogen and oxygen atoms in total. The topological polar surface area (TPSA) is 223 Å². The molecule has 2 rings (SSSR count). The van der Waals surface area contributed by atoms with Crippen molar-refractivity contribution < 1.29 is 43.8 Å². The lowest BCUT2D eigenvalue weighted by Gasteiger charge is -2.30. The predicted molar refractivity (Wildman–Crippen MR) is 139 cm³/mol. The van der Waals surface area contributed by atoms with Crippen molar-refractivity contribution in [3.05, 3.63) is 0 Å². The van der Waals surface area contributed by atoms with E-state index in [1.807, 2.05) is 0 Å². The summed E-state index contributed by atoms with van der Waals surface area (Å²) in [6.07, 6.45) is 0.390. The molecular weight excluding hydrogens is 528 g/mol. The summed E-state index contributed by atoms with van der Waals surface area (Å²) in [5.74, 6) is -5.72. The quantitative estimate of drug-likeness (QED) is 0.178. The SMILES string of the molecule is CC[C@H](C)[C@@H]1NC(=O)[C@H](CCC(=O)O)NC(=O)[C@H](C)NC(=O)CCNC(=O)[C@@H]2CCCN2C(=O)[C@H](CO)NC1=O. The van der Waals surface area contributed by atoms with Crippen molar-refractivity contribution in [3.8, 4) is 0 Å². The van der Waals surface area contributed by atoms with E-state index in [4.69, 9.17) is 5.11 Å². The Kier molecular flexibility index (Phi) is 12.3. The molecule has 0 bridgehead atoms. The molecule has 2 saturated heterocycles. The third kappa shape index (κ3) is 8.89. The van der Waals surface area contributed by atoms with Crippen LogP contribution in [0.4, 0.5) is 0 Å². The second kappa shape index (κ2) is 15.1. The van der Waals surface area contributed by atoms with Gasteiger partial charge in [-0.3, -0.25) is 33.6 Å². The average Bonchev–Trinajstić information content (AvgIpc) is 3.40. The molecule has 2 aliphatic heterocycles. The Balaban J connectivity index is 2.40. The molecule has 6 amide bonds. The van der Waals surface area contributed by atoms with Crippen LogP contribution in [0.3, 0.4) is 0 Å². The first-order valence-corrected chi connectivity index (χ1v) is 13.5. The Morgan fingerprint density at radius 2 is 1.65 bits per heavy atom. The number of nitrogens with one attached hydrogen (secondary N) is 5. The lowest BCUT2D eigenvalue weighted by molar-refractivity contribution is -0.143. The highest BCUT2D eigenvalue weighted by Gasteiger charge is 2.39. The zero-order valence-corrected chi connectivity index (χ0v) is 23.0. The number of nitrogens with zero attached hydrogens (tertiary/aromatic N) is 1. The van der Waals surface area contributed by atoms with E-state index in [-0.39, 0.29) is 25.9 Å². The van der Waals surface area contributed by atoms with Gasteiger partial charge in [-0.05, 0) is 32.1 Å². The predicted octanol–water partition coefficient (Wildman–Crippen LogP) is -2.64. The fourth-order valence-electron chi connectivity index (χ4n) is 4.54. The number of hydrogen-bond acceptors (Lipinski definition) is 8. The van der Waals surface area contributed by atoms with Crippen LogP contribution >= 0.6 is 0 Å². The van der Waals surface area contributed by atoms with Gasteiger partial charge in [-0.2, -0.15) is 0 Å². The van der Waals surface area contributed by atoms with Crippen LogP contribution in [0.15, 0.2) is 0 Å². The molecule has 224 valence electrons. The van der Waals surface area contributed by atoms with Gasteiger partial charge in [0.1, 0.15) is 30.2 Å². The van der Waals surface area contributed by atoms with Crippen LogP contribution in [0.2, 0.25) is 0 Å². The summed E-state index contributed by atoms with van der Waals surface area (Å²) in [7, 11) is 0. The van der Waals surface area contributed by atoms with Gasteiger partial charge < -0.3 is 41.7 Å². The first kappa shape index (κ1) is 32.5. The zero-order valence-electron chi connectivity index (χ0n) is 23.0. The number of carboxylic acid groups (broad SMARTS) is 1. The van der Waals surface area contributed by atoms with Gasteiger partial charge in [0.15, 0.2) is 0 Å². The number of hydrogen-bond donors (Lipinski definition) is 7. The van der Waals surface area contributed by atoms with E-state index >= 15 is 0 Å². The minimum absolute atomic E-state index is 0.0715. The van der Waals surface area contributed by atoms with Gasteiger partial charge in [-0.15, -0.1) is 0 Å². The first-order valence-electron chi connectivity index (χ1n) is 13.5. The Morgan fingerprint density at radius 3 is 2.27 bits per heavy atom. The number of carbonyl (C=O) groups excluding carboxylic acids is 6. The molecule has 0 unspecified atom stereocenters. The van der Waals surface area contributed by atoms with Crippen LogP contribution in [0.5, 0.6) is 0 Å². The summed E-state index contributed by atoms with van der Waals surface area (Å²) in [5.41, 5.74) is 0. The number of amides is 6. The van der Waals surface area contributed by atoms with Crippen molar-refractivity contribution in [2.75, 3.05) is 19.7 Å². The summed E-state index contributed by atoms with van der Waals surface area (Å²) < 4.78 is 0.